The number of aliphatic hydroxyl groups excluding tert-OH is 1. The lowest BCUT2D eigenvalue weighted by molar-refractivity contribution is 0.154. The third-order valence-electron chi connectivity index (χ3n) is 2.94. The number of benzene rings is 1. The molecule has 2 unspecified atom stereocenters. The predicted octanol–water partition coefficient (Wildman–Crippen LogP) is 2.88. The highest BCUT2D eigenvalue weighted by Gasteiger charge is 2.12. The number of aliphatic hydroxyl groups is 1. The summed E-state index contributed by atoms with van der Waals surface area (Å²) in [5.41, 5.74) is 2.54. The van der Waals surface area contributed by atoms with Crippen LogP contribution in [-0.2, 0) is 6.54 Å². The van der Waals surface area contributed by atoms with Gasteiger partial charge in [0.15, 0.2) is 0 Å². The van der Waals surface area contributed by atoms with Crippen molar-refractivity contribution in [2.24, 2.45) is 0 Å². The van der Waals surface area contributed by atoms with Crippen molar-refractivity contribution in [3.63, 3.8) is 0 Å². The molecule has 1 aromatic carbocycles. The summed E-state index contributed by atoms with van der Waals surface area (Å²) in [6.07, 6.45) is 1.84. The molecular weight excluding hydrogens is 263 g/mol. The molecule has 3 nitrogen and oxygen atoms in total. The number of hydrogen-bond acceptors (Lipinski definition) is 4. The average molecular weight is 280 g/mol. The smallest absolute Gasteiger partial charge is 0.123 e. The summed E-state index contributed by atoms with van der Waals surface area (Å²) in [5.74, 6) is -0.285. The molecule has 2 N–H and O–H groups in total. The fraction of sp³-hybridized carbons (Fsp3) is 0.357. The fourth-order valence-corrected chi connectivity index (χ4v) is 2.39. The minimum atomic E-state index is -0.579. The van der Waals surface area contributed by atoms with E-state index >= 15 is 0 Å². The summed E-state index contributed by atoms with van der Waals surface area (Å²) < 4.78 is 12.8. The monoisotopic (exact) mass is 280 g/mol. The molecule has 5 heteroatoms. The summed E-state index contributed by atoms with van der Waals surface area (Å²) in [5, 5.41) is 13.4. The van der Waals surface area contributed by atoms with Crippen molar-refractivity contribution in [2.45, 2.75) is 32.0 Å². The summed E-state index contributed by atoms with van der Waals surface area (Å²) in [6, 6.07) is 6.15. The second-order valence-electron chi connectivity index (χ2n) is 4.55. The van der Waals surface area contributed by atoms with Gasteiger partial charge in [-0.25, -0.2) is 4.39 Å². The van der Waals surface area contributed by atoms with E-state index in [1.54, 1.807) is 29.0 Å². The molecule has 19 heavy (non-hydrogen) atoms. The maximum Gasteiger partial charge on any atom is 0.123 e. The molecule has 0 amide bonds. The zero-order valence-electron chi connectivity index (χ0n) is 10.7. The van der Waals surface area contributed by atoms with E-state index in [4.69, 9.17) is 0 Å². The second kappa shape index (κ2) is 6.75. The highest BCUT2D eigenvalue weighted by Crippen LogP contribution is 2.19. The first-order valence-corrected chi connectivity index (χ1v) is 7.07. The van der Waals surface area contributed by atoms with Crippen LogP contribution in [0.3, 0.4) is 0 Å². The van der Waals surface area contributed by atoms with E-state index in [1.165, 1.54) is 17.0 Å². The van der Waals surface area contributed by atoms with Gasteiger partial charge in [-0.2, -0.15) is 0 Å². The Bertz CT molecular complexity index is 487. The Morgan fingerprint density at radius 2 is 2.11 bits per heavy atom. The summed E-state index contributed by atoms with van der Waals surface area (Å²) in [7, 11) is 0. The number of nitrogens with one attached hydrogen (secondary N) is 1. The molecule has 0 saturated carbocycles. The van der Waals surface area contributed by atoms with Crippen molar-refractivity contribution in [3.05, 3.63) is 52.2 Å². The lowest BCUT2D eigenvalue weighted by Crippen LogP contribution is -2.27. The van der Waals surface area contributed by atoms with E-state index in [-0.39, 0.29) is 11.9 Å². The van der Waals surface area contributed by atoms with E-state index in [0.29, 0.717) is 6.42 Å². The van der Waals surface area contributed by atoms with E-state index in [0.717, 1.165) is 12.1 Å². The van der Waals surface area contributed by atoms with Gasteiger partial charge in [-0.05, 0) is 31.0 Å². The molecule has 0 aliphatic heterocycles. The molecule has 2 rings (SSSR count). The highest BCUT2D eigenvalue weighted by molar-refractivity contribution is 7.09. The van der Waals surface area contributed by atoms with Gasteiger partial charge in [-0.15, -0.1) is 11.3 Å². The van der Waals surface area contributed by atoms with Gasteiger partial charge in [-0.1, -0.05) is 12.1 Å². The fourth-order valence-electron chi connectivity index (χ4n) is 1.84. The van der Waals surface area contributed by atoms with Crippen LogP contribution in [0.25, 0.3) is 0 Å². The van der Waals surface area contributed by atoms with Crippen LogP contribution < -0.4 is 5.32 Å². The van der Waals surface area contributed by atoms with Crippen molar-refractivity contribution in [2.75, 3.05) is 0 Å². The summed E-state index contributed by atoms with van der Waals surface area (Å²) in [4.78, 5) is 5.18. The zero-order valence-corrected chi connectivity index (χ0v) is 11.5. The Kier molecular flexibility index (Phi) is 5.01. The quantitative estimate of drug-likeness (QED) is 0.855. The zero-order chi connectivity index (χ0) is 13.7. The lowest BCUT2D eigenvalue weighted by Gasteiger charge is -2.17. The number of rotatable bonds is 6. The minimum Gasteiger partial charge on any atom is -0.388 e. The van der Waals surface area contributed by atoms with Crippen LogP contribution in [0, 0.1) is 5.82 Å². The van der Waals surface area contributed by atoms with Crippen molar-refractivity contribution >= 4 is 11.3 Å². The number of thiazole rings is 1. The van der Waals surface area contributed by atoms with Gasteiger partial charge >= 0.3 is 0 Å². The van der Waals surface area contributed by atoms with Crippen LogP contribution in [0.15, 0.2) is 36.0 Å². The lowest BCUT2D eigenvalue weighted by atomic mass is 10.0. The Morgan fingerprint density at radius 1 is 1.37 bits per heavy atom. The Hall–Kier alpha value is -1.30. The molecule has 0 radical (unpaired) electrons. The molecule has 102 valence electrons. The third-order valence-corrected chi connectivity index (χ3v) is 3.72. The standard InChI is InChI=1S/C14H17FN2OS/c1-10(17-8-13-7-16-9-19-13)6-14(18)11-2-4-12(15)5-3-11/h2-5,7,9-10,14,17-18H,6,8H2,1H3. The molecule has 2 atom stereocenters. The van der Waals surface area contributed by atoms with Gasteiger partial charge in [-0.3, -0.25) is 4.98 Å². The second-order valence-corrected chi connectivity index (χ2v) is 5.52. The first-order valence-electron chi connectivity index (χ1n) is 6.19. The van der Waals surface area contributed by atoms with Gasteiger partial charge in [0.25, 0.3) is 0 Å². The number of halogens is 1. The van der Waals surface area contributed by atoms with Gasteiger partial charge in [0.05, 0.1) is 11.6 Å². The van der Waals surface area contributed by atoms with Crippen LogP contribution in [0.5, 0.6) is 0 Å². The van der Waals surface area contributed by atoms with Crippen molar-refractivity contribution < 1.29 is 9.50 Å². The van der Waals surface area contributed by atoms with Crippen LogP contribution in [0.1, 0.15) is 29.9 Å². The van der Waals surface area contributed by atoms with Crippen LogP contribution in [-0.4, -0.2) is 16.1 Å². The normalized spacial score (nSPS) is 14.3. The van der Waals surface area contributed by atoms with E-state index in [1.807, 2.05) is 13.1 Å². The molecule has 2 aromatic rings. The first kappa shape index (κ1) is 14.1. The molecule has 0 fully saturated rings. The number of aromatic nitrogens is 1. The molecule has 0 aliphatic rings. The van der Waals surface area contributed by atoms with Crippen molar-refractivity contribution in [3.8, 4) is 0 Å². The van der Waals surface area contributed by atoms with Crippen LogP contribution >= 0.6 is 11.3 Å². The van der Waals surface area contributed by atoms with Gasteiger partial charge in [0.1, 0.15) is 5.82 Å². The van der Waals surface area contributed by atoms with Crippen molar-refractivity contribution in [1.82, 2.24) is 10.3 Å². The largest absolute Gasteiger partial charge is 0.388 e. The van der Waals surface area contributed by atoms with Gasteiger partial charge < -0.3 is 10.4 Å². The molecule has 0 bridgehead atoms. The molecule has 1 aromatic heterocycles. The average Bonchev–Trinajstić information content (AvgIpc) is 2.90. The predicted molar refractivity (Wildman–Crippen MR) is 74.4 cm³/mol. The van der Waals surface area contributed by atoms with Crippen molar-refractivity contribution in [1.29, 1.82) is 0 Å². The Morgan fingerprint density at radius 3 is 2.74 bits per heavy atom. The Labute approximate surface area is 116 Å². The molecule has 0 saturated heterocycles. The Balaban J connectivity index is 1.81. The maximum atomic E-state index is 12.8. The minimum absolute atomic E-state index is 0.169. The summed E-state index contributed by atoms with van der Waals surface area (Å²) in [6.45, 7) is 2.77. The topological polar surface area (TPSA) is 45.1 Å². The van der Waals surface area contributed by atoms with Crippen LogP contribution in [0.2, 0.25) is 0 Å². The molecule has 0 spiro atoms. The number of hydrogen-bond donors (Lipinski definition) is 2. The third kappa shape index (κ3) is 4.38. The van der Waals surface area contributed by atoms with Gasteiger partial charge in [0, 0.05) is 23.7 Å². The van der Waals surface area contributed by atoms with Crippen LogP contribution in [0.4, 0.5) is 4.39 Å². The first-order chi connectivity index (χ1) is 9.15. The molecule has 0 aliphatic carbocycles. The molecule has 1 heterocycles. The summed E-state index contributed by atoms with van der Waals surface area (Å²) >= 11 is 1.60. The van der Waals surface area contributed by atoms with E-state index in [2.05, 4.69) is 10.3 Å². The maximum absolute atomic E-state index is 12.8. The van der Waals surface area contributed by atoms with E-state index in [9.17, 15) is 9.50 Å². The van der Waals surface area contributed by atoms with Gasteiger partial charge in [0.2, 0.25) is 0 Å². The number of nitrogens with zero attached hydrogens (tertiary/aromatic N) is 1. The van der Waals surface area contributed by atoms with E-state index < -0.39 is 6.10 Å². The molecular formula is C14H17FN2OS. The SMILES string of the molecule is CC(CC(O)c1ccc(F)cc1)NCc1cncs1. The highest BCUT2D eigenvalue weighted by atomic mass is 32.1.